The van der Waals surface area contributed by atoms with Crippen molar-refractivity contribution >= 4 is 6.29 Å². The monoisotopic (exact) mass is 234 g/mol. The highest BCUT2D eigenvalue weighted by molar-refractivity contribution is 5.69. The predicted molar refractivity (Wildman–Crippen MR) is 59.7 cm³/mol. The van der Waals surface area contributed by atoms with Gasteiger partial charge in [0.25, 0.3) is 0 Å². The second kappa shape index (κ2) is 4.78. The van der Waals surface area contributed by atoms with Gasteiger partial charge in [0, 0.05) is 18.9 Å². The first-order chi connectivity index (χ1) is 8.24. The Bertz CT molecular complexity index is 537. The summed E-state index contributed by atoms with van der Waals surface area (Å²) in [5.74, 6) is 0.106. The zero-order chi connectivity index (χ0) is 12.3. The van der Waals surface area contributed by atoms with Crippen LogP contribution in [0.25, 0.3) is 0 Å². The first kappa shape index (κ1) is 11.3. The first-order valence-corrected chi connectivity index (χ1v) is 5.03. The van der Waals surface area contributed by atoms with Crippen molar-refractivity contribution in [3.05, 3.63) is 47.8 Å². The number of nitrogens with zero attached hydrogens (tertiary/aromatic N) is 2. The number of rotatable bonds is 4. The number of carbonyl (C=O) groups excluding carboxylic acids is 1. The molecule has 0 bridgehead atoms. The van der Waals surface area contributed by atoms with Crippen molar-refractivity contribution < 1.29 is 13.9 Å². The minimum atomic E-state index is -0.419. The maximum Gasteiger partial charge on any atom is 0.185 e. The lowest BCUT2D eigenvalue weighted by Gasteiger charge is -2.06. The summed E-state index contributed by atoms with van der Waals surface area (Å²) in [6.07, 6.45) is 3.87. The molecule has 0 amide bonds. The van der Waals surface area contributed by atoms with E-state index in [4.69, 9.17) is 4.74 Å². The Kier molecular flexibility index (Phi) is 3.18. The van der Waals surface area contributed by atoms with E-state index in [0.29, 0.717) is 18.7 Å². The quantitative estimate of drug-likeness (QED) is 0.759. The molecule has 1 aromatic heterocycles. The van der Waals surface area contributed by atoms with Crippen molar-refractivity contribution in [2.24, 2.45) is 0 Å². The molecule has 5 heteroatoms. The van der Waals surface area contributed by atoms with Crippen LogP contribution >= 0.6 is 0 Å². The molecule has 0 fully saturated rings. The first-order valence-electron chi connectivity index (χ1n) is 5.03. The number of imidazole rings is 1. The molecule has 1 aromatic carbocycles. The summed E-state index contributed by atoms with van der Waals surface area (Å²) in [6, 6.07) is 4.69. The van der Waals surface area contributed by atoms with Crippen molar-refractivity contribution in [2.75, 3.05) is 7.11 Å². The molecule has 4 nitrogen and oxygen atoms in total. The molecule has 0 aliphatic heterocycles. The van der Waals surface area contributed by atoms with Crippen LogP contribution in [0.15, 0.2) is 30.6 Å². The minimum Gasteiger partial charge on any atom is -0.494 e. The van der Waals surface area contributed by atoms with Gasteiger partial charge in [0.1, 0.15) is 0 Å². The Morgan fingerprint density at radius 2 is 2.35 bits per heavy atom. The second-order valence-electron chi connectivity index (χ2n) is 3.50. The van der Waals surface area contributed by atoms with Crippen LogP contribution in [-0.2, 0) is 6.54 Å². The molecule has 0 aliphatic rings. The molecular formula is C12H11FN2O2. The molecular weight excluding hydrogens is 223 g/mol. The standard InChI is InChI=1S/C12H11FN2O2/c1-17-11-3-2-9(6-10(11)13)7-15-5-4-14-12(15)8-16/h2-6,8H,7H2,1H3. The third-order valence-electron chi connectivity index (χ3n) is 2.42. The molecule has 88 valence electrons. The molecule has 2 aromatic rings. The van der Waals surface area contributed by atoms with Gasteiger partial charge in [-0.25, -0.2) is 9.37 Å². The van der Waals surface area contributed by atoms with Gasteiger partial charge < -0.3 is 9.30 Å². The van der Waals surface area contributed by atoms with Gasteiger partial charge in [-0.3, -0.25) is 4.79 Å². The third kappa shape index (κ3) is 2.33. The van der Waals surface area contributed by atoms with Crippen LogP contribution in [0.3, 0.4) is 0 Å². The number of methoxy groups -OCH3 is 1. The summed E-state index contributed by atoms with van der Waals surface area (Å²) in [4.78, 5) is 14.5. The Balaban J connectivity index is 2.24. The maximum absolute atomic E-state index is 13.4. The van der Waals surface area contributed by atoms with E-state index in [9.17, 15) is 9.18 Å². The summed E-state index contributed by atoms with van der Waals surface area (Å²) in [6.45, 7) is 0.398. The lowest BCUT2D eigenvalue weighted by Crippen LogP contribution is -2.03. The molecule has 0 unspecified atom stereocenters. The number of ether oxygens (including phenoxy) is 1. The van der Waals surface area contributed by atoms with Crippen LogP contribution in [0.2, 0.25) is 0 Å². The molecule has 0 saturated heterocycles. The lowest BCUT2D eigenvalue weighted by atomic mass is 10.2. The smallest absolute Gasteiger partial charge is 0.185 e. The van der Waals surface area contributed by atoms with E-state index in [1.54, 1.807) is 22.9 Å². The number of hydrogen-bond acceptors (Lipinski definition) is 3. The molecule has 17 heavy (non-hydrogen) atoms. The van der Waals surface area contributed by atoms with Crippen LogP contribution < -0.4 is 4.74 Å². The van der Waals surface area contributed by atoms with Crippen LogP contribution in [0.1, 0.15) is 16.2 Å². The summed E-state index contributed by atoms with van der Waals surface area (Å²) in [5.41, 5.74) is 0.740. The van der Waals surface area contributed by atoms with E-state index < -0.39 is 5.82 Å². The molecule has 0 spiro atoms. The number of carbonyl (C=O) groups is 1. The molecule has 0 aliphatic carbocycles. The van der Waals surface area contributed by atoms with Gasteiger partial charge in [0.05, 0.1) is 7.11 Å². The van der Waals surface area contributed by atoms with Crippen LogP contribution in [0.4, 0.5) is 4.39 Å². The van der Waals surface area contributed by atoms with Crippen LogP contribution in [-0.4, -0.2) is 22.9 Å². The molecule has 0 radical (unpaired) electrons. The molecule has 0 N–H and O–H groups in total. The zero-order valence-corrected chi connectivity index (χ0v) is 9.26. The molecule has 1 heterocycles. The highest BCUT2D eigenvalue weighted by atomic mass is 19.1. The fourth-order valence-corrected chi connectivity index (χ4v) is 1.58. The van der Waals surface area contributed by atoms with E-state index in [1.807, 2.05) is 0 Å². The van der Waals surface area contributed by atoms with Gasteiger partial charge in [-0.2, -0.15) is 0 Å². The predicted octanol–water partition coefficient (Wildman–Crippen LogP) is 1.89. The summed E-state index contributed by atoms with van der Waals surface area (Å²) >= 11 is 0. The van der Waals surface area contributed by atoms with Gasteiger partial charge in [-0.1, -0.05) is 6.07 Å². The van der Waals surface area contributed by atoms with Crippen LogP contribution in [0.5, 0.6) is 5.75 Å². The van der Waals surface area contributed by atoms with Crippen molar-refractivity contribution in [1.82, 2.24) is 9.55 Å². The summed E-state index contributed by atoms with van der Waals surface area (Å²) in [5, 5.41) is 0. The summed E-state index contributed by atoms with van der Waals surface area (Å²) < 4.78 is 19.9. The Hall–Kier alpha value is -2.17. The van der Waals surface area contributed by atoms with Crippen molar-refractivity contribution in [2.45, 2.75) is 6.54 Å². The second-order valence-corrected chi connectivity index (χ2v) is 3.50. The molecule has 0 atom stereocenters. The van der Waals surface area contributed by atoms with E-state index in [1.165, 1.54) is 19.4 Å². The number of aldehydes is 1. The van der Waals surface area contributed by atoms with Crippen LogP contribution in [0, 0.1) is 5.82 Å². The van der Waals surface area contributed by atoms with E-state index in [-0.39, 0.29) is 5.75 Å². The minimum absolute atomic E-state index is 0.204. The van der Waals surface area contributed by atoms with Gasteiger partial charge >= 0.3 is 0 Å². The Labute approximate surface area is 97.7 Å². The number of hydrogen-bond donors (Lipinski definition) is 0. The van der Waals surface area contributed by atoms with Crippen molar-refractivity contribution in [3.63, 3.8) is 0 Å². The van der Waals surface area contributed by atoms with Gasteiger partial charge in [0.2, 0.25) is 0 Å². The highest BCUT2D eigenvalue weighted by Gasteiger charge is 2.06. The average molecular weight is 234 g/mol. The van der Waals surface area contributed by atoms with E-state index >= 15 is 0 Å². The fourth-order valence-electron chi connectivity index (χ4n) is 1.58. The van der Waals surface area contributed by atoms with Gasteiger partial charge in [-0.15, -0.1) is 0 Å². The average Bonchev–Trinajstić information content (AvgIpc) is 2.76. The van der Waals surface area contributed by atoms with Crippen molar-refractivity contribution in [3.8, 4) is 5.75 Å². The maximum atomic E-state index is 13.4. The molecule has 2 rings (SSSR count). The number of aromatic nitrogens is 2. The van der Waals surface area contributed by atoms with Gasteiger partial charge in [0.15, 0.2) is 23.7 Å². The Morgan fingerprint density at radius 1 is 1.53 bits per heavy atom. The summed E-state index contributed by atoms with van der Waals surface area (Å²) in [7, 11) is 1.42. The lowest BCUT2D eigenvalue weighted by molar-refractivity contribution is 0.111. The topological polar surface area (TPSA) is 44.1 Å². The normalized spacial score (nSPS) is 10.2. The van der Waals surface area contributed by atoms with Crippen molar-refractivity contribution in [1.29, 1.82) is 0 Å². The SMILES string of the molecule is COc1ccc(Cn2ccnc2C=O)cc1F. The van der Waals surface area contributed by atoms with E-state index in [0.717, 1.165) is 5.56 Å². The highest BCUT2D eigenvalue weighted by Crippen LogP contribution is 2.18. The number of benzene rings is 1. The molecule has 0 saturated carbocycles. The van der Waals surface area contributed by atoms with E-state index in [2.05, 4.69) is 4.98 Å². The largest absolute Gasteiger partial charge is 0.494 e. The third-order valence-corrected chi connectivity index (χ3v) is 2.42. The van der Waals surface area contributed by atoms with Gasteiger partial charge in [-0.05, 0) is 17.7 Å². The fraction of sp³-hybridized carbons (Fsp3) is 0.167. The number of halogens is 1. The zero-order valence-electron chi connectivity index (χ0n) is 9.26. The Morgan fingerprint density at radius 3 is 3.00 bits per heavy atom.